The Morgan fingerprint density at radius 1 is 1.08 bits per heavy atom. The second-order valence-corrected chi connectivity index (χ2v) is 9.71. The van der Waals surface area contributed by atoms with Gasteiger partial charge in [-0.05, 0) is 79.1 Å². The maximum absolute atomic E-state index is 10.1. The van der Waals surface area contributed by atoms with E-state index in [1.165, 1.54) is 32.1 Å². The summed E-state index contributed by atoms with van der Waals surface area (Å²) in [7, 11) is 0. The molecule has 0 aromatic heterocycles. The molecule has 3 nitrogen and oxygen atoms in total. The molecular formula is C22H32N2O. The largest absolute Gasteiger partial charge is 0.393 e. The van der Waals surface area contributed by atoms with Crippen LogP contribution in [0.5, 0.6) is 0 Å². The van der Waals surface area contributed by atoms with Crippen molar-refractivity contribution in [3.8, 4) is 0 Å². The van der Waals surface area contributed by atoms with Crippen molar-refractivity contribution >= 4 is 6.34 Å². The van der Waals surface area contributed by atoms with E-state index in [4.69, 9.17) is 4.99 Å². The Labute approximate surface area is 151 Å². The summed E-state index contributed by atoms with van der Waals surface area (Å²) in [5.74, 6) is 2.42. The molecule has 0 saturated heterocycles. The zero-order valence-corrected chi connectivity index (χ0v) is 15.7. The molecule has 0 amide bonds. The highest BCUT2D eigenvalue weighted by atomic mass is 16.3. The zero-order chi connectivity index (χ0) is 17.2. The van der Waals surface area contributed by atoms with Crippen molar-refractivity contribution in [3.05, 3.63) is 23.3 Å². The van der Waals surface area contributed by atoms with E-state index in [0.29, 0.717) is 16.9 Å². The molecule has 5 rings (SSSR count). The Balaban J connectivity index is 1.45. The summed E-state index contributed by atoms with van der Waals surface area (Å²) in [5.41, 5.74) is 3.90. The number of allylic oxidation sites excluding steroid dienone is 2. The van der Waals surface area contributed by atoms with Crippen LogP contribution in [0.3, 0.4) is 0 Å². The summed E-state index contributed by atoms with van der Waals surface area (Å²) in [6.45, 7) is 6.04. The summed E-state index contributed by atoms with van der Waals surface area (Å²) in [6, 6.07) is 0.377. The molecular weight excluding hydrogens is 308 g/mol. The van der Waals surface area contributed by atoms with Crippen molar-refractivity contribution in [2.75, 3.05) is 6.54 Å². The first kappa shape index (κ1) is 16.1. The van der Waals surface area contributed by atoms with E-state index < -0.39 is 0 Å². The highest BCUT2D eigenvalue weighted by Gasteiger charge is 2.57. The lowest BCUT2D eigenvalue weighted by Gasteiger charge is -2.58. The molecule has 1 heterocycles. The fourth-order valence-electron chi connectivity index (χ4n) is 7.31. The summed E-state index contributed by atoms with van der Waals surface area (Å²) in [4.78, 5) is 4.70. The molecule has 0 radical (unpaired) electrons. The number of aliphatic hydroxyl groups excluding tert-OH is 1. The summed E-state index contributed by atoms with van der Waals surface area (Å²) in [5, 5.41) is 13.4. The smallest absolute Gasteiger partial charge is 0.0904 e. The van der Waals surface area contributed by atoms with Crippen molar-refractivity contribution in [1.82, 2.24) is 5.32 Å². The molecule has 0 spiro atoms. The van der Waals surface area contributed by atoms with Gasteiger partial charge in [-0.3, -0.25) is 4.99 Å². The number of aliphatic imine (C=N–C) groups is 1. The third-order valence-electron chi connectivity index (χ3n) is 8.73. The van der Waals surface area contributed by atoms with Crippen LogP contribution in [-0.2, 0) is 0 Å². The predicted molar refractivity (Wildman–Crippen MR) is 101 cm³/mol. The number of aliphatic hydroxyl groups is 1. The van der Waals surface area contributed by atoms with Gasteiger partial charge < -0.3 is 10.4 Å². The first-order chi connectivity index (χ1) is 12.0. The second kappa shape index (κ2) is 5.45. The third-order valence-corrected chi connectivity index (χ3v) is 8.73. The Hall–Kier alpha value is -1.09. The molecule has 5 aliphatic rings. The molecule has 136 valence electrons. The van der Waals surface area contributed by atoms with Crippen LogP contribution in [0, 0.1) is 28.6 Å². The molecule has 0 bridgehead atoms. The van der Waals surface area contributed by atoms with Gasteiger partial charge in [0.15, 0.2) is 0 Å². The minimum absolute atomic E-state index is 0.0998. The highest BCUT2D eigenvalue weighted by Crippen LogP contribution is 2.65. The number of nitrogens with one attached hydrogen (secondary N) is 1. The zero-order valence-electron chi connectivity index (χ0n) is 15.7. The van der Waals surface area contributed by atoms with Gasteiger partial charge in [0.25, 0.3) is 0 Å². The number of fused-ring (bicyclic) bond motifs is 5. The van der Waals surface area contributed by atoms with E-state index in [2.05, 4.69) is 31.3 Å². The van der Waals surface area contributed by atoms with E-state index >= 15 is 0 Å². The van der Waals surface area contributed by atoms with Crippen LogP contribution in [0.25, 0.3) is 0 Å². The van der Waals surface area contributed by atoms with E-state index in [0.717, 1.165) is 37.1 Å². The van der Waals surface area contributed by atoms with Gasteiger partial charge in [0.2, 0.25) is 0 Å². The number of nitrogens with zero attached hydrogens (tertiary/aromatic N) is 1. The molecule has 4 unspecified atom stereocenters. The lowest BCUT2D eigenvalue weighted by Crippen LogP contribution is -2.50. The lowest BCUT2D eigenvalue weighted by atomic mass is 9.47. The molecule has 7 atom stereocenters. The fraction of sp³-hybridized carbons (Fsp3) is 0.773. The van der Waals surface area contributed by atoms with Crippen LogP contribution >= 0.6 is 0 Å². The van der Waals surface area contributed by atoms with E-state index in [1.807, 2.05) is 6.34 Å². The SMILES string of the molecule is C[C@]12CC[C@H](O)CC1=CCC1C2CC[C@]2(C)C(C3CNC=N3)=CCC12. The van der Waals surface area contributed by atoms with Gasteiger partial charge in [-0.1, -0.05) is 31.6 Å². The van der Waals surface area contributed by atoms with Crippen LogP contribution in [0.4, 0.5) is 0 Å². The van der Waals surface area contributed by atoms with Gasteiger partial charge in [0.1, 0.15) is 0 Å². The molecule has 1 aliphatic heterocycles. The summed E-state index contributed by atoms with van der Waals surface area (Å²) >= 11 is 0. The first-order valence-electron chi connectivity index (χ1n) is 10.4. The van der Waals surface area contributed by atoms with Crippen LogP contribution in [0.1, 0.15) is 58.8 Å². The average Bonchev–Trinajstić information content (AvgIpc) is 3.22. The Morgan fingerprint density at radius 3 is 2.72 bits per heavy atom. The van der Waals surface area contributed by atoms with Crippen LogP contribution in [-0.4, -0.2) is 30.1 Å². The van der Waals surface area contributed by atoms with Gasteiger partial charge in [-0.2, -0.15) is 0 Å². The monoisotopic (exact) mass is 340 g/mol. The molecule has 2 saturated carbocycles. The summed E-state index contributed by atoms with van der Waals surface area (Å²) < 4.78 is 0. The normalized spacial score (nSPS) is 51.1. The standard InChI is InChI=1S/C22H32N2O/c1-21-9-7-15(25)11-14(21)3-4-16-17-5-6-19(20-12-23-13-24-20)22(17,2)10-8-18(16)21/h3,6,13,15-18,20,25H,4-5,7-12H2,1-2H3,(H,23,24)/t15-,16?,17?,18?,20?,21-,22-/m0/s1. The van der Waals surface area contributed by atoms with Crippen LogP contribution in [0.15, 0.2) is 28.3 Å². The van der Waals surface area contributed by atoms with Crippen molar-refractivity contribution in [1.29, 1.82) is 0 Å². The van der Waals surface area contributed by atoms with E-state index in [9.17, 15) is 5.11 Å². The molecule has 4 aliphatic carbocycles. The number of hydrogen-bond donors (Lipinski definition) is 2. The van der Waals surface area contributed by atoms with Gasteiger partial charge in [-0.15, -0.1) is 0 Å². The van der Waals surface area contributed by atoms with Crippen molar-refractivity contribution in [2.24, 2.45) is 33.6 Å². The molecule has 0 aromatic carbocycles. The topological polar surface area (TPSA) is 44.6 Å². The van der Waals surface area contributed by atoms with Gasteiger partial charge in [-0.25, -0.2) is 0 Å². The first-order valence-corrected chi connectivity index (χ1v) is 10.4. The van der Waals surface area contributed by atoms with Gasteiger partial charge >= 0.3 is 0 Å². The van der Waals surface area contributed by atoms with E-state index in [-0.39, 0.29) is 6.10 Å². The number of rotatable bonds is 1. The van der Waals surface area contributed by atoms with Crippen molar-refractivity contribution in [3.63, 3.8) is 0 Å². The second-order valence-electron chi connectivity index (χ2n) is 9.71. The average molecular weight is 341 g/mol. The molecule has 0 aromatic rings. The maximum atomic E-state index is 10.1. The highest BCUT2D eigenvalue weighted by molar-refractivity contribution is 5.58. The lowest BCUT2D eigenvalue weighted by molar-refractivity contribution is -0.0304. The van der Waals surface area contributed by atoms with Crippen molar-refractivity contribution < 1.29 is 5.11 Å². The molecule has 2 fully saturated rings. The predicted octanol–water partition coefficient (Wildman–Crippen LogP) is 3.85. The number of hydrogen-bond acceptors (Lipinski definition) is 3. The summed E-state index contributed by atoms with van der Waals surface area (Å²) in [6.07, 6.45) is 15.1. The molecule has 25 heavy (non-hydrogen) atoms. The van der Waals surface area contributed by atoms with Gasteiger partial charge in [0, 0.05) is 6.54 Å². The maximum Gasteiger partial charge on any atom is 0.0904 e. The van der Waals surface area contributed by atoms with Crippen LogP contribution in [0.2, 0.25) is 0 Å². The van der Waals surface area contributed by atoms with Crippen molar-refractivity contribution in [2.45, 2.75) is 70.9 Å². The minimum atomic E-state index is -0.0998. The Bertz CT molecular complexity index is 665. The fourth-order valence-corrected chi connectivity index (χ4v) is 7.31. The van der Waals surface area contributed by atoms with E-state index in [1.54, 1.807) is 11.1 Å². The van der Waals surface area contributed by atoms with Gasteiger partial charge in [0.05, 0.1) is 18.5 Å². The molecule has 2 N–H and O–H groups in total. The Kier molecular flexibility index (Phi) is 3.51. The molecule has 3 heteroatoms. The Morgan fingerprint density at radius 2 is 1.92 bits per heavy atom. The van der Waals surface area contributed by atoms with Crippen LogP contribution < -0.4 is 5.32 Å². The minimum Gasteiger partial charge on any atom is -0.393 e. The third kappa shape index (κ3) is 2.17. The quantitative estimate of drug-likeness (QED) is 0.712.